The third-order valence-electron chi connectivity index (χ3n) is 5.84. The molecule has 0 saturated heterocycles. The zero-order valence-electron chi connectivity index (χ0n) is 15.8. The Balaban J connectivity index is 1.74. The lowest BCUT2D eigenvalue weighted by atomic mass is 9.85. The second kappa shape index (κ2) is 7.05. The van der Waals surface area contributed by atoms with Crippen LogP contribution in [0, 0.1) is 23.3 Å². The molecule has 0 spiro atoms. The summed E-state index contributed by atoms with van der Waals surface area (Å²) >= 11 is 0. The molecule has 0 bridgehead atoms. The molecule has 2 unspecified atom stereocenters. The van der Waals surface area contributed by atoms with Crippen LogP contribution in [0.1, 0.15) is 45.2 Å². The van der Waals surface area contributed by atoms with Gasteiger partial charge in [-0.2, -0.15) is 0 Å². The molecular formula is C24H10F8. The van der Waals surface area contributed by atoms with E-state index in [1.54, 1.807) is 0 Å². The highest BCUT2D eigenvalue weighted by molar-refractivity contribution is 5.76. The van der Waals surface area contributed by atoms with Gasteiger partial charge in [0.05, 0.1) is 23.0 Å². The molecule has 0 amide bonds. The summed E-state index contributed by atoms with van der Waals surface area (Å²) in [4.78, 5) is 0. The number of hydrogen-bond acceptors (Lipinski definition) is 0. The smallest absolute Gasteiger partial charge is 0.166 e. The third kappa shape index (κ3) is 2.61. The SMILES string of the molecule is FC1=C(F)C(c2ccc(F)c(C3C(F)=C(F)c4c(F)cccc43)c2F)c2cccc(F)c21. The van der Waals surface area contributed by atoms with Crippen LogP contribution < -0.4 is 0 Å². The largest absolute Gasteiger partial charge is 0.208 e. The van der Waals surface area contributed by atoms with Crippen molar-refractivity contribution in [3.8, 4) is 0 Å². The van der Waals surface area contributed by atoms with Crippen molar-refractivity contribution in [3.63, 3.8) is 0 Å². The van der Waals surface area contributed by atoms with Gasteiger partial charge in [-0.1, -0.05) is 30.3 Å². The molecule has 3 aromatic rings. The van der Waals surface area contributed by atoms with E-state index in [1.807, 2.05) is 0 Å². The summed E-state index contributed by atoms with van der Waals surface area (Å²) in [6.45, 7) is 0. The van der Waals surface area contributed by atoms with E-state index in [0.29, 0.717) is 6.07 Å². The Hall–Kier alpha value is -3.42. The van der Waals surface area contributed by atoms with E-state index in [2.05, 4.69) is 0 Å². The average molecular weight is 450 g/mol. The lowest BCUT2D eigenvalue weighted by Crippen LogP contribution is -2.11. The van der Waals surface area contributed by atoms with Gasteiger partial charge in [-0.05, 0) is 29.3 Å². The molecule has 32 heavy (non-hydrogen) atoms. The van der Waals surface area contributed by atoms with Gasteiger partial charge in [0, 0.05) is 11.1 Å². The van der Waals surface area contributed by atoms with Crippen molar-refractivity contribution in [2.45, 2.75) is 11.8 Å². The highest BCUT2D eigenvalue weighted by atomic mass is 19.2. The van der Waals surface area contributed by atoms with E-state index in [-0.39, 0.29) is 11.1 Å². The summed E-state index contributed by atoms with van der Waals surface area (Å²) in [7, 11) is 0. The summed E-state index contributed by atoms with van der Waals surface area (Å²) in [5, 5.41) is 0. The van der Waals surface area contributed by atoms with E-state index in [9.17, 15) is 30.7 Å². The van der Waals surface area contributed by atoms with E-state index >= 15 is 4.39 Å². The highest BCUT2D eigenvalue weighted by Crippen LogP contribution is 2.52. The molecule has 3 aromatic carbocycles. The molecule has 5 rings (SSSR count). The summed E-state index contributed by atoms with van der Waals surface area (Å²) in [5.74, 6) is -14.9. The fourth-order valence-electron chi connectivity index (χ4n) is 4.45. The van der Waals surface area contributed by atoms with Gasteiger partial charge in [-0.15, -0.1) is 0 Å². The van der Waals surface area contributed by atoms with Gasteiger partial charge in [0.15, 0.2) is 11.7 Å². The Morgan fingerprint density at radius 1 is 0.469 bits per heavy atom. The van der Waals surface area contributed by atoms with Gasteiger partial charge in [-0.25, -0.2) is 35.1 Å². The second-order valence-electron chi connectivity index (χ2n) is 7.46. The lowest BCUT2D eigenvalue weighted by Gasteiger charge is -2.20. The molecule has 8 heteroatoms. The summed E-state index contributed by atoms with van der Waals surface area (Å²) < 4.78 is 117. The summed E-state index contributed by atoms with van der Waals surface area (Å²) in [6, 6.07) is 7.87. The molecule has 2 atom stereocenters. The van der Waals surface area contributed by atoms with E-state index < -0.39 is 80.7 Å². The van der Waals surface area contributed by atoms with Crippen LogP contribution in [0.4, 0.5) is 35.1 Å². The highest BCUT2D eigenvalue weighted by Gasteiger charge is 2.42. The van der Waals surface area contributed by atoms with Crippen LogP contribution in [-0.2, 0) is 0 Å². The molecule has 0 fully saturated rings. The van der Waals surface area contributed by atoms with Crippen LogP contribution in [0.3, 0.4) is 0 Å². The van der Waals surface area contributed by atoms with Crippen molar-refractivity contribution in [2.75, 3.05) is 0 Å². The molecule has 2 aliphatic rings. The maximum Gasteiger partial charge on any atom is 0.166 e. The maximum absolute atomic E-state index is 15.6. The van der Waals surface area contributed by atoms with Crippen molar-refractivity contribution >= 4 is 11.7 Å². The quantitative estimate of drug-likeness (QED) is 0.350. The van der Waals surface area contributed by atoms with E-state index in [1.165, 1.54) is 12.1 Å². The van der Waals surface area contributed by atoms with Crippen LogP contribution in [-0.4, -0.2) is 0 Å². The standard InChI is InChI=1S/C24H10F8/c25-12-5-1-3-9-15(21(29)22(30)16(9)12)11-7-8-14(27)19(20(11)28)18-10-4-2-6-13(26)17(10)23(31)24(18)32/h1-8,15,18H. The molecule has 2 aliphatic carbocycles. The fourth-order valence-corrected chi connectivity index (χ4v) is 4.45. The monoisotopic (exact) mass is 450 g/mol. The Bertz CT molecular complexity index is 1370. The van der Waals surface area contributed by atoms with Gasteiger partial charge in [0.1, 0.15) is 34.9 Å². The molecule has 0 heterocycles. The van der Waals surface area contributed by atoms with Gasteiger partial charge >= 0.3 is 0 Å². The van der Waals surface area contributed by atoms with Crippen molar-refractivity contribution in [1.82, 2.24) is 0 Å². The van der Waals surface area contributed by atoms with Crippen LogP contribution in [0.15, 0.2) is 60.2 Å². The summed E-state index contributed by atoms with van der Waals surface area (Å²) in [5.41, 5.74) is -3.63. The first kappa shape index (κ1) is 20.5. The maximum atomic E-state index is 15.6. The normalized spacial score (nSPS) is 19.6. The van der Waals surface area contributed by atoms with Crippen LogP contribution >= 0.6 is 0 Å². The lowest BCUT2D eigenvalue weighted by molar-refractivity contribution is 0.499. The van der Waals surface area contributed by atoms with Gasteiger partial charge < -0.3 is 0 Å². The van der Waals surface area contributed by atoms with Crippen molar-refractivity contribution < 1.29 is 35.1 Å². The molecular weight excluding hydrogens is 440 g/mol. The van der Waals surface area contributed by atoms with E-state index in [0.717, 1.165) is 30.3 Å². The number of rotatable bonds is 2. The molecule has 0 nitrogen and oxygen atoms in total. The zero-order chi connectivity index (χ0) is 22.9. The van der Waals surface area contributed by atoms with Gasteiger partial charge in [0.2, 0.25) is 0 Å². The predicted molar refractivity (Wildman–Crippen MR) is 101 cm³/mol. The molecule has 0 N–H and O–H groups in total. The first-order valence-electron chi connectivity index (χ1n) is 9.39. The number of benzene rings is 3. The van der Waals surface area contributed by atoms with Crippen LogP contribution in [0.2, 0.25) is 0 Å². The zero-order valence-corrected chi connectivity index (χ0v) is 15.8. The summed E-state index contributed by atoms with van der Waals surface area (Å²) in [6.07, 6.45) is 0. The first-order valence-corrected chi connectivity index (χ1v) is 9.39. The van der Waals surface area contributed by atoms with Crippen molar-refractivity contribution in [1.29, 1.82) is 0 Å². The van der Waals surface area contributed by atoms with Crippen LogP contribution in [0.25, 0.3) is 11.7 Å². The minimum Gasteiger partial charge on any atom is -0.208 e. The molecule has 0 aliphatic heterocycles. The van der Waals surface area contributed by atoms with Crippen molar-refractivity contribution in [2.24, 2.45) is 0 Å². The number of allylic oxidation sites excluding steroid dienone is 2. The van der Waals surface area contributed by atoms with Gasteiger partial charge in [0.25, 0.3) is 0 Å². The topological polar surface area (TPSA) is 0 Å². The first-order chi connectivity index (χ1) is 15.2. The minimum atomic E-state index is -1.97. The second-order valence-corrected chi connectivity index (χ2v) is 7.46. The minimum absolute atomic E-state index is 0.239. The number of hydrogen-bond donors (Lipinski definition) is 0. The Labute approximate surface area is 176 Å². The Morgan fingerprint density at radius 2 is 0.969 bits per heavy atom. The van der Waals surface area contributed by atoms with E-state index in [4.69, 9.17) is 0 Å². The number of halogens is 8. The molecule has 0 saturated carbocycles. The molecule has 0 aromatic heterocycles. The average Bonchev–Trinajstić information content (AvgIpc) is 3.16. The van der Waals surface area contributed by atoms with Gasteiger partial charge in [-0.3, -0.25) is 0 Å². The number of fused-ring (bicyclic) bond motifs is 2. The fraction of sp³-hybridized carbons (Fsp3) is 0.0833. The molecule has 162 valence electrons. The predicted octanol–water partition coefficient (Wildman–Crippen LogP) is 7.75. The van der Waals surface area contributed by atoms with Crippen molar-refractivity contribution in [3.05, 3.63) is 117 Å². The Morgan fingerprint density at radius 3 is 1.53 bits per heavy atom. The molecule has 0 radical (unpaired) electrons. The third-order valence-corrected chi connectivity index (χ3v) is 5.84. The van der Waals surface area contributed by atoms with Crippen LogP contribution in [0.5, 0.6) is 0 Å². The Kier molecular flexibility index (Phi) is 4.51.